The predicted molar refractivity (Wildman–Crippen MR) is 85.1 cm³/mol. The first-order chi connectivity index (χ1) is 11.6. The van der Waals surface area contributed by atoms with Gasteiger partial charge in [0.25, 0.3) is 0 Å². The Morgan fingerprint density at radius 1 is 1.44 bits per heavy atom. The highest BCUT2D eigenvalue weighted by Crippen LogP contribution is 2.37. The lowest BCUT2D eigenvalue weighted by atomic mass is 9.93. The first kappa shape index (κ1) is 17.7. The molecule has 1 unspecified atom stereocenters. The van der Waals surface area contributed by atoms with Gasteiger partial charge in [0.15, 0.2) is 11.2 Å². The third kappa shape index (κ3) is 3.20. The minimum atomic E-state index is -4.89. The number of nitrogens with one attached hydrogen (secondary N) is 1. The van der Waals surface area contributed by atoms with Gasteiger partial charge in [-0.3, -0.25) is 14.7 Å². The topological polar surface area (TPSA) is 80.0 Å². The standard InChI is InChI=1S/C16H19F3N4O2/c1-9-6-7-20-13-12(9)22-14(23(13)10-4-3-5-10)21-11(24)8-15(2,25)16(17,18)19/h6-7,10,25H,3-5,8H2,1-2H3,(H,21,22,24). The number of hydrogen-bond acceptors (Lipinski definition) is 4. The second-order valence-electron chi connectivity index (χ2n) is 6.69. The highest BCUT2D eigenvalue weighted by molar-refractivity contribution is 5.92. The molecule has 2 aromatic heterocycles. The molecule has 0 spiro atoms. The number of nitrogens with zero attached hydrogens (tertiary/aromatic N) is 3. The van der Waals surface area contributed by atoms with Crippen molar-refractivity contribution in [3.05, 3.63) is 17.8 Å². The van der Waals surface area contributed by atoms with Crippen LogP contribution in [-0.2, 0) is 4.79 Å². The number of anilines is 1. The monoisotopic (exact) mass is 356 g/mol. The summed E-state index contributed by atoms with van der Waals surface area (Å²) in [7, 11) is 0. The number of imidazole rings is 1. The van der Waals surface area contributed by atoms with E-state index in [4.69, 9.17) is 0 Å². The molecule has 0 saturated heterocycles. The van der Waals surface area contributed by atoms with E-state index in [1.807, 2.05) is 6.92 Å². The van der Waals surface area contributed by atoms with E-state index in [1.165, 1.54) is 0 Å². The molecule has 6 nitrogen and oxygen atoms in total. The lowest BCUT2D eigenvalue weighted by Crippen LogP contribution is -2.45. The molecular weight excluding hydrogens is 337 g/mol. The van der Waals surface area contributed by atoms with Crippen molar-refractivity contribution in [1.29, 1.82) is 0 Å². The number of carbonyl (C=O) groups excluding carboxylic acids is 1. The van der Waals surface area contributed by atoms with Crippen LogP contribution in [0.15, 0.2) is 12.3 Å². The van der Waals surface area contributed by atoms with Gasteiger partial charge in [0.2, 0.25) is 11.9 Å². The summed E-state index contributed by atoms with van der Waals surface area (Å²) >= 11 is 0. The van der Waals surface area contributed by atoms with E-state index >= 15 is 0 Å². The summed E-state index contributed by atoms with van der Waals surface area (Å²) < 4.78 is 40.1. The molecule has 1 fully saturated rings. The minimum Gasteiger partial charge on any atom is -0.380 e. The number of pyridine rings is 1. The summed E-state index contributed by atoms with van der Waals surface area (Å²) in [6.07, 6.45) is -1.54. The van der Waals surface area contributed by atoms with Gasteiger partial charge in [-0.1, -0.05) is 0 Å². The molecule has 136 valence electrons. The molecule has 3 rings (SSSR count). The SMILES string of the molecule is Cc1ccnc2c1nc(NC(=O)CC(C)(O)C(F)(F)F)n2C1CCC1. The van der Waals surface area contributed by atoms with Crippen LogP contribution in [0.4, 0.5) is 19.1 Å². The van der Waals surface area contributed by atoms with E-state index < -0.39 is 24.1 Å². The molecular formula is C16H19F3N4O2. The van der Waals surface area contributed by atoms with Gasteiger partial charge in [-0.15, -0.1) is 0 Å². The van der Waals surface area contributed by atoms with E-state index in [-0.39, 0.29) is 12.0 Å². The molecule has 2 heterocycles. The predicted octanol–water partition coefficient (Wildman–Crippen LogP) is 3.11. The van der Waals surface area contributed by atoms with Crippen LogP contribution < -0.4 is 5.32 Å². The quantitative estimate of drug-likeness (QED) is 0.882. The van der Waals surface area contributed by atoms with Gasteiger partial charge in [0.1, 0.15) is 5.52 Å². The fraction of sp³-hybridized carbons (Fsp3) is 0.562. The summed E-state index contributed by atoms with van der Waals surface area (Å²) in [5.74, 6) is -0.777. The van der Waals surface area contributed by atoms with Crippen LogP contribution in [0, 0.1) is 6.92 Å². The fourth-order valence-electron chi connectivity index (χ4n) is 2.77. The van der Waals surface area contributed by atoms with Crippen LogP contribution in [0.2, 0.25) is 0 Å². The van der Waals surface area contributed by atoms with Crippen molar-refractivity contribution in [3.63, 3.8) is 0 Å². The molecule has 25 heavy (non-hydrogen) atoms. The van der Waals surface area contributed by atoms with E-state index in [1.54, 1.807) is 16.8 Å². The number of halogens is 3. The number of aryl methyl sites for hydroxylation is 1. The van der Waals surface area contributed by atoms with Gasteiger partial charge in [0, 0.05) is 12.2 Å². The molecule has 9 heteroatoms. The molecule has 0 aliphatic heterocycles. The van der Waals surface area contributed by atoms with Gasteiger partial charge >= 0.3 is 6.18 Å². The maximum Gasteiger partial charge on any atom is 0.417 e. The van der Waals surface area contributed by atoms with Crippen molar-refractivity contribution in [2.75, 3.05) is 5.32 Å². The van der Waals surface area contributed by atoms with Gasteiger partial charge in [-0.2, -0.15) is 13.2 Å². The van der Waals surface area contributed by atoms with Gasteiger partial charge in [-0.25, -0.2) is 9.97 Å². The summed E-state index contributed by atoms with van der Waals surface area (Å²) in [4.78, 5) is 20.7. The van der Waals surface area contributed by atoms with Crippen molar-refractivity contribution in [2.45, 2.75) is 57.3 Å². The number of aromatic nitrogens is 3. The van der Waals surface area contributed by atoms with E-state index in [0.29, 0.717) is 18.1 Å². The van der Waals surface area contributed by atoms with Crippen molar-refractivity contribution in [3.8, 4) is 0 Å². The Hall–Kier alpha value is -2.16. The molecule has 2 aromatic rings. The zero-order valence-corrected chi connectivity index (χ0v) is 13.9. The van der Waals surface area contributed by atoms with Crippen LogP contribution in [0.25, 0.3) is 11.2 Å². The average molecular weight is 356 g/mol. The molecule has 1 amide bonds. The van der Waals surface area contributed by atoms with Crippen molar-refractivity contribution in [1.82, 2.24) is 14.5 Å². The van der Waals surface area contributed by atoms with E-state index in [0.717, 1.165) is 24.8 Å². The number of rotatable bonds is 4. The minimum absolute atomic E-state index is 0.109. The highest BCUT2D eigenvalue weighted by atomic mass is 19.4. The van der Waals surface area contributed by atoms with Crippen molar-refractivity contribution in [2.24, 2.45) is 0 Å². The number of hydrogen-bond donors (Lipinski definition) is 2. The number of amides is 1. The Balaban J connectivity index is 1.91. The van der Waals surface area contributed by atoms with Gasteiger partial charge < -0.3 is 5.11 Å². The molecule has 1 saturated carbocycles. The zero-order valence-electron chi connectivity index (χ0n) is 13.9. The number of carbonyl (C=O) groups is 1. The summed E-state index contributed by atoms with van der Waals surface area (Å²) in [5.41, 5.74) is -1.03. The molecule has 0 aromatic carbocycles. The molecule has 1 aliphatic carbocycles. The first-order valence-corrected chi connectivity index (χ1v) is 8.02. The third-order valence-electron chi connectivity index (χ3n) is 4.59. The highest BCUT2D eigenvalue weighted by Gasteiger charge is 2.51. The van der Waals surface area contributed by atoms with E-state index in [9.17, 15) is 23.1 Å². The van der Waals surface area contributed by atoms with Crippen molar-refractivity contribution < 1.29 is 23.1 Å². The third-order valence-corrected chi connectivity index (χ3v) is 4.59. The lowest BCUT2D eigenvalue weighted by molar-refractivity contribution is -0.252. The van der Waals surface area contributed by atoms with Gasteiger partial charge in [0.05, 0.1) is 6.42 Å². The normalized spacial score (nSPS) is 18.0. The second-order valence-corrected chi connectivity index (χ2v) is 6.69. The zero-order chi connectivity index (χ0) is 18.4. The maximum absolute atomic E-state index is 12.8. The van der Waals surface area contributed by atoms with Crippen LogP contribution >= 0.6 is 0 Å². The maximum atomic E-state index is 12.8. The van der Waals surface area contributed by atoms with E-state index in [2.05, 4.69) is 15.3 Å². The summed E-state index contributed by atoms with van der Waals surface area (Å²) in [5, 5.41) is 11.9. The van der Waals surface area contributed by atoms with Gasteiger partial charge in [-0.05, 0) is 44.7 Å². The largest absolute Gasteiger partial charge is 0.417 e. The Morgan fingerprint density at radius 3 is 2.68 bits per heavy atom. The number of aliphatic hydroxyl groups is 1. The molecule has 2 N–H and O–H groups in total. The number of fused-ring (bicyclic) bond motifs is 1. The second kappa shape index (κ2) is 5.98. The summed E-state index contributed by atoms with van der Waals surface area (Å²) in [6.45, 7) is 2.43. The van der Waals surface area contributed by atoms with Crippen LogP contribution in [-0.4, -0.2) is 37.3 Å². The Bertz CT molecular complexity index is 810. The smallest absolute Gasteiger partial charge is 0.380 e. The molecule has 1 atom stereocenters. The van der Waals surface area contributed by atoms with Crippen LogP contribution in [0.1, 0.15) is 44.2 Å². The van der Waals surface area contributed by atoms with Crippen LogP contribution in [0.5, 0.6) is 0 Å². The number of alkyl halides is 3. The first-order valence-electron chi connectivity index (χ1n) is 8.02. The molecule has 0 bridgehead atoms. The Morgan fingerprint density at radius 2 is 2.12 bits per heavy atom. The van der Waals surface area contributed by atoms with Crippen LogP contribution in [0.3, 0.4) is 0 Å². The Kier molecular flexibility index (Phi) is 4.22. The fourth-order valence-corrected chi connectivity index (χ4v) is 2.77. The molecule has 1 aliphatic rings. The summed E-state index contributed by atoms with van der Waals surface area (Å²) in [6, 6.07) is 1.89. The average Bonchev–Trinajstić information content (AvgIpc) is 2.75. The Labute approximate surface area is 142 Å². The lowest BCUT2D eigenvalue weighted by Gasteiger charge is -2.29. The molecule has 0 radical (unpaired) electrons. The van der Waals surface area contributed by atoms with Crippen molar-refractivity contribution >= 4 is 23.0 Å².